The minimum atomic E-state index is -0.227. The fraction of sp³-hybridized carbons (Fsp3) is 0.125. The second-order valence-electron chi connectivity index (χ2n) is 4.53. The second kappa shape index (κ2) is 7.09. The highest BCUT2D eigenvalue weighted by molar-refractivity contribution is 5.83. The zero-order valence-electron chi connectivity index (χ0n) is 11.4. The van der Waals surface area contributed by atoms with Gasteiger partial charge in [-0.15, -0.1) is 0 Å². The van der Waals surface area contributed by atoms with Crippen LogP contribution in [0.1, 0.15) is 17.5 Å². The summed E-state index contributed by atoms with van der Waals surface area (Å²) in [6.07, 6.45) is 2.41. The van der Waals surface area contributed by atoms with Crippen molar-refractivity contribution in [3.8, 4) is 11.5 Å². The van der Waals surface area contributed by atoms with Crippen molar-refractivity contribution in [1.29, 1.82) is 0 Å². The summed E-state index contributed by atoms with van der Waals surface area (Å²) >= 11 is 0. The van der Waals surface area contributed by atoms with Gasteiger partial charge in [-0.3, -0.25) is 4.79 Å². The molecule has 0 aliphatic rings. The monoisotopic (exact) mass is 284 g/mol. The first-order valence-electron chi connectivity index (χ1n) is 6.53. The summed E-state index contributed by atoms with van der Waals surface area (Å²) in [6.45, 7) is 0. The number of nitrogens with one attached hydrogen (secondary N) is 1. The predicted molar refractivity (Wildman–Crippen MR) is 80.3 cm³/mol. The summed E-state index contributed by atoms with van der Waals surface area (Å²) < 4.78 is 0. The fourth-order valence-electron chi connectivity index (χ4n) is 1.76. The number of aromatic hydroxyl groups is 2. The van der Waals surface area contributed by atoms with Crippen LogP contribution in [0.25, 0.3) is 0 Å². The van der Waals surface area contributed by atoms with Crippen LogP contribution in [0.15, 0.2) is 53.6 Å². The molecule has 0 aromatic heterocycles. The highest BCUT2D eigenvalue weighted by atomic mass is 16.3. The molecule has 2 aromatic rings. The molecule has 21 heavy (non-hydrogen) atoms. The van der Waals surface area contributed by atoms with E-state index < -0.39 is 0 Å². The molecule has 0 aliphatic heterocycles. The van der Waals surface area contributed by atoms with Crippen molar-refractivity contribution < 1.29 is 15.0 Å². The molecule has 0 saturated heterocycles. The van der Waals surface area contributed by atoms with E-state index in [0.717, 1.165) is 5.56 Å². The van der Waals surface area contributed by atoms with Gasteiger partial charge in [-0.2, -0.15) is 5.10 Å². The molecule has 0 bridgehead atoms. The number of nitrogens with zero attached hydrogens (tertiary/aromatic N) is 1. The van der Waals surface area contributed by atoms with Crippen molar-refractivity contribution >= 4 is 12.1 Å². The molecular formula is C16H16N2O3. The van der Waals surface area contributed by atoms with Crippen LogP contribution in [0.5, 0.6) is 11.5 Å². The minimum absolute atomic E-state index is 0.182. The Morgan fingerprint density at radius 3 is 2.57 bits per heavy atom. The van der Waals surface area contributed by atoms with Gasteiger partial charge in [-0.1, -0.05) is 30.3 Å². The number of amides is 1. The van der Waals surface area contributed by atoms with Gasteiger partial charge in [0.2, 0.25) is 5.91 Å². The van der Waals surface area contributed by atoms with Crippen LogP contribution in [-0.2, 0) is 11.2 Å². The highest BCUT2D eigenvalue weighted by Gasteiger charge is 2.01. The molecule has 5 nitrogen and oxygen atoms in total. The second-order valence-corrected chi connectivity index (χ2v) is 4.53. The molecule has 0 fully saturated rings. The molecule has 0 saturated carbocycles. The Kier molecular flexibility index (Phi) is 4.93. The van der Waals surface area contributed by atoms with Gasteiger partial charge in [0.1, 0.15) is 0 Å². The number of hydrazone groups is 1. The van der Waals surface area contributed by atoms with Crippen molar-refractivity contribution in [2.24, 2.45) is 5.10 Å². The van der Waals surface area contributed by atoms with E-state index in [1.807, 2.05) is 30.3 Å². The molecule has 5 heteroatoms. The molecule has 3 N–H and O–H groups in total. The van der Waals surface area contributed by atoms with Crippen LogP contribution in [0, 0.1) is 0 Å². The average molecular weight is 284 g/mol. The molecule has 0 atom stereocenters. The summed E-state index contributed by atoms with van der Waals surface area (Å²) in [5.74, 6) is -0.605. The highest BCUT2D eigenvalue weighted by Crippen LogP contribution is 2.23. The van der Waals surface area contributed by atoms with Gasteiger partial charge in [-0.05, 0) is 35.7 Å². The van der Waals surface area contributed by atoms with Crippen molar-refractivity contribution in [2.45, 2.75) is 12.8 Å². The quantitative estimate of drug-likeness (QED) is 0.447. The molecule has 1 amide bonds. The maximum atomic E-state index is 11.6. The van der Waals surface area contributed by atoms with E-state index in [1.165, 1.54) is 18.3 Å². The van der Waals surface area contributed by atoms with Crippen LogP contribution in [0.4, 0.5) is 0 Å². The van der Waals surface area contributed by atoms with Crippen molar-refractivity contribution in [2.75, 3.05) is 0 Å². The molecule has 0 heterocycles. The number of aryl methyl sites for hydroxylation is 1. The normalized spacial score (nSPS) is 10.7. The third-order valence-corrected chi connectivity index (χ3v) is 2.89. The number of rotatable bonds is 5. The Hall–Kier alpha value is -2.82. The number of phenols is 2. The SMILES string of the molecule is O=C(CCc1ccccc1)N/N=C\c1ccc(O)c(O)c1. The summed E-state index contributed by atoms with van der Waals surface area (Å²) in [5.41, 5.74) is 4.10. The largest absolute Gasteiger partial charge is 0.504 e. The Morgan fingerprint density at radius 2 is 1.86 bits per heavy atom. The van der Waals surface area contributed by atoms with Crippen LogP contribution in [0.3, 0.4) is 0 Å². The van der Waals surface area contributed by atoms with Crippen LogP contribution >= 0.6 is 0 Å². The van der Waals surface area contributed by atoms with E-state index in [4.69, 9.17) is 0 Å². The Morgan fingerprint density at radius 1 is 1.10 bits per heavy atom. The standard InChI is InChI=1S/C16H16N2O3/c19-14-8-6-13(10-15(14)20)11-17-18-16(21)9-7-12-4-2-1-3-5-12/h1-6,8,10-11,19-20H,7,9H2,(H,18,21)/b17-11-. The fourth-order valence-corrected chi connectivity index (χ4v) is 1.76. The maximum absolute atomic E-state index is 11.6. The average Bonchev–Trinajstić information content (AvgIpc) is 2.50. The third-order valence-electron chi connectivity index (χ3n) is 2.89. The first-order chi connectivity index (χ1) is 10.1. The van der Waals surface area contributed by atoms with Crippen molar-refractivity contribution in [3.05, 3.63) is 59.7 Å². The molecular weight excluding hydrogens is 268 g/mol. The van der Waals surface area contributed by atoms with Crippen LogP contribution in [-0.4, -0.2) is 22.3 Å². The smallest absolute Gasteiger partial charge is 0.240 e. The van der Waals surface area contributed by atoms with Gasteiger partial charge in [-0.25, -0.2) is 5.43 Å². The van der Waals surface area contributed by atoms with E-state index in [-0.39, 0.29) is 17.4 Å². The predicted octanol–water partition coefficient (Wildman–Crippen LogP) is 2.18. The van der Waals surface area contributed by atoms with E-state index in [9.17, 15) is 15.0 Å². The van der Waals surface area contributed by atoms with Gasteiger partial charge in [0.25, 0.3) is 0 Å². The number of carbonyl (C=O) groups excluding carboxylic acids is 1. The van der Waals surface area contributed by atoms with E-state index in [0.29, 0.717) is 18.4 Å². The molecule has 2 aromatic carbocycles. The summed E-state index contributed by atoms with van der Waals surface area (Å²) in [7, 11) is 0. The Bertz CT molecular complexity index is 639. The lowest BCUT2D eigenvalue weighted by molar-refractivity contribution is -0.121. The molecule has 0 unspecified atom stereocenters. The third kappa shape index (κ3) is 4.65. The summed E-state index contributed by atoms with van der Waals surface area (Å²) in [4.78, 5) is 11.6. The number of benzene rings is 2. The molecule has 2 rings (SSSR count). The number of phenolic OH excluding ortho intramolecular Hbond substituents is 2. The Labute approximate surface area is 122 Å². The van der Waals surface area contributed by atoms with Gasteiger partial charge < -0.3 is 10.2 Å². The van der Waals surface area contributed by atoms with Gasteiger partial charge in [0, 0.05) is 6.42 Å². The van der Waals surface area contributed by atoms with E-state index in [1.54, 1.807) is 6.07 Å². The zero-order chi connectivity index (χ0) is 15.1. The van der Waals surface area contributed by atoms with Crippen molar-refractivity contribution in [1.82, 2.24) is 5.43 Å². The molecule has 0 spiro atoms. The zero-order valence-corrected chi connectivity index (χ0v) is 11.4. The lowest BCUT2D eigenvalue weighted by Crippen LogP contribution is -2.17. The van der Waals surface area contributed by atoms with E-state index in [2.05, 4.69) is 10.5 Å². The lowest BCUT2D eigenvalue weighted by Gasteiger charge is -2.01. The number of hydrogen-bond acceptors (Lipinski definition) is 4. The number of hydrogen-bond donors (Lipinski definition) is 3. The first kappa shape index (κ1) is 14.6. The molecule has 0 radical (unpaired) electrons. The molecule has 108 valence electrons. The number of carbonyl (C=O) groups is 1. The van der Waals surface area contributed by atoms with Crippen LogP contribution in [0.2, 0.25) is 0 Å². The van der Waals surface area contributed by atoms with E-state index >= 15 is 0 Å². The van der Waals surface area contributed by atoms with Crippen molar-refractivity contribution in [3.63, 3.8) is 0 Å². The topological polar surface area (TPSA) is 81.9 Å². The lowest BCUT2D eigenvalue weighted by atomic mass is 10.1. The summed E-state index contributed by atoms with van der Waals surface area (Å²) in [6, 6.07) is 14.0. The molecule has 0 aliphatic carbocycles. The van der Waals surface area contributed by atoms with Gasteiger partial charge >= 0.3 is 0 Å². The Balaban J connectivity index is 1.80. The maximum Gasteiger partial charge on any atom is 0.240 e. The van der Waals surface area contributed by atoms with Gasteiger partial charge in [0.05, 0.1) is 6.21 Å². The first-order valence-corrected chi connectivity index (χ1v) is 6.53. The minimum Gasteiger partial charge on any atom is -0.504 e. The summed E-state index contributed by atoms with van der Waals surface area (Å²) in [5, 5.41) is 22.3. The van der Waals surface area contributed by atoms with Crippen LogP contribution < -0.4 is 5.43 Å². The van der Waals surface area contributed by atoms with Gasteiger partial charge in [0.15, 0.2) is 11.5 Å².